The number of nitrogens with zero attached hydrogens (tertiary/aromatic N) is 4. The Labute approximate surface area is 121 Å². The van der Waals surface area contributed by atoms with Crippen LogP contribution in [0.3, 0.4) is 0 Å². The molecular formula is C14H17N5S. The number of aryl methyl sites for hydroxylation is 1. The van der Waals surface area contributed by atoms with E-state index in [-0.39, 0.29) is 0 Å². The van der Waals surface area contributed by atoms with E-state index >= 15 is 0 Å². The number of benzene rings is 1. The van der Waals surface area contributed by atoms with Crippen LogP contribution in [-0.4, -0.2) is 19.8 Å². The number of nitrogens with two attached hydrogens (primary N) is 1. The van der Waals surface area contributed by atoms with Gasteiger partial charge in [0.15, 0.2) is 5.82 Å². The van der Waals surface area contributed by atoms with E-state index in [1.54, 1.807) is 11.3 Å². The van der Waals surface area contributed by atoms with E-state index in [4.69, 9.17) is 5.73 Å². The van der Waals surface area contributed by atoms with Crippen molar-refractivity contribution in [2.24, 2.45) is 0 Å². The van der Waals surface area contributed by atoms with Crippen molar-refractivity contribution in [3.05, 3.63) is 29.6 Å². The van der Waals surface area contributed by atoms with E-state index in [0.29, 0.717) is 0 Å². The van der Waals surface area contributed by atoms with E-state index < -0.39 is 0 Å². The SMILES string of the molecule is CCCCc1nnc2sc(-c3cccc(N)c3C)nn12. The minimum Gasteiger partial charge on any atom is -0.398 e. The van der Waals surface area contributed by atoms with E-state index in [9.17, 15) is 0 Å². The molecular weight excluding hydrogens is 270 g/mol. The van der Waals surface area contributed by atoms with Crippen molar-refractivity contribution in [3.63, 3.8) is 0 Å². The molecule has 2 aromatic heterocycles. The van der Waals surface area contributed by atoms with Crippen molar-refractivity contribution in [3.8, 4) is 10.6 Å². The number of anilines is 1. The lowest BCUT2D eigenvalue weighted by Crippen LogP contribution is -1.97. The molecule has 2 heterocycles. The third kappa shape index (κ3) is 2.16. The van der Waals surface area contributed by atoms with Crippen LogP contribution in [-0.2, 0) is 6.42 Å². The Balaban J connectivity index is 2.05. The zero-order valence-corrected chi connectivity index (χ0v) is 12.4. The number of hydrogen-bond donors (Lipinski definition) is 1. The molecule has 0 spiro atoms. The van der Waals surface area contributed by atoms with Gasteiger partial charge in [0.2, 0.25) is 4.96 Å². The number of unbranched alkanes of at least 4 members (excludes halogenated alkanes) is 1. The largest absolute Gasteiger partial charge is 0.398 e. The van der Waals surface area contributed by atoms with Gasteiger partial charge < -0.3 is 5.73 Å². The molecule has 0 unspecified atom stereocenters. The van der Waals surface area contributed by atoms with Crippen molar-refractivity contribution < 1.29 is 0 Å². The Hall–Kier alpha value is -1.95. The van der Waals surface area contributed by atoms with Gasteiger partial charge in [-0.15, -0.1) is 10.2 Å². The topological polar surface area (TPSA) is 69.1 Å². The van der Waals surface area contributed by atoms with E-state index in [0.717, 1.165) is 51.9 Å². The Morgan fingerprint density at radius 1 is 1.30 bits per heavy atom. The highest BCUT2D eigenvalue weighted by atomic mass is 32.1. The molecule has 0 bridgehead atoms. The third-order valence-corrected chi connectivity index (χ3v) is 4.35. The molecule has 0 radical (unpaired) electrons. The highest BCUT2D eigenvalue weighted by Gasteiger charge is 2.14. The molecule has 3 aromatic rings. The average molecular weight is 287 g/mol. The minimum atomic E-state index is 0.791. The van der Waals surface area contributed by atoms with Gasteiger partial charge in [0.05, 0.1) is 0 Å². The van der Waals surface area contributed by atoms with Crippen molar-refractivity contribution in [1.29, 1.82) is 0 Å². The summed E-state index contributed by atoms with van der Waals surface area (Å²) in [6, 6.07) is 5.91. The summed E-state index contributed by atoms with van der Waals surface area (Å²) in [5.74, 6) is 0.936. The second-order valence-corrected chi connectivity index (χ2v) is 5.80. The zero-order valence-electron chi connectivity index (χ0n) is 11.6. The number of hydrogen-bond acceptors (Lipinski definition) is 5. The summed E-state index contributed by atoms with van der Waals surface area (Å²) in [7, 11) is 0. The Kier molecular flexibility index (Phi) is 3.40. The lowest BCUT2D eigenvalue weighted by atomic mass is 10.1. The fraction of sp³-hybridized carbons (Fsp3) is 0.357. The first kappa shape index (κ1) is 13.1. The predicted molar refractivity (Wildman–Crippen MR) is 81.9 cm³/mol. The van der Waals surface area contributed by atoms with E-state index in [2.05, 4.69) is 22.2 Å². The monoisotopic (exact) mass is 287 g/mol. The van der Waals surface area contributed by atoms with Crippen LogP contribution in [0.25, 0.3) is 15.5 Å². The molecule has 0 aliphatic carbocycles. The quantitative estimate of drug-likeness (QED) is 0.749. The van der Waals surface area contributed by atoms with Crippen molar-refractivity contribution in [1.82, 2.24) is 19.8 Å². The molecule has 0 saturated carbocycles. The molecule has 20 heavy (non-hydrogen) atoms. The molecule has 104 valence electrons. The highest BCUT2D eigenvalue weighted by Crippen LogP contribution is 2.30. The van der Waals surface area contributed by atoms with E-state index in [1.807, 2.05) is 29.6 Å². The van der Waals surface area contributed by atoms with Crippen LogP contribution in [0.15, 0.2) is 18.2 Å². The first-order chi connectivity index (χ1) is 9.70. The van der Waals surface area contributed by atoms with Gasteiger partial charge in [-0.25, -0.2) is 0 Å². The van der Waals surface area contributed by atoms with Gasteiger partial charge in [0, 0.05) is 17.7 Å². The summed E-state index contributed by atoms with van der Waals surface area (Å²) in [6.45, 7) is 4.19. The molecule has 0 saturated heterocycles. The third-order valence-electron chi connectivity index (χ3n) is 3.42. The molecule has 0 amide bonds. The van der Waals surface area contributed by atoms with Crippen LogP contribution in [0.1, 0.15) is 31.2 Å². The first-order valence-corrected chi connectivity index (χ1v) is 7.59. The van der Waals surface area contributed by atoms with Gasteiger partial charge in [-0.05, 0) is 25.0 Å². The van der Waals surface area contributed by atoms with Crippen molar-refractivity contribution in [2.45, 2.75) is 33.1 Å². The van der Waals surface area contributed by atoms with Gasteiger partial charge >= 0.3 is 0 Å². The maximum Gasteiger partial charge on any atom is 0.234 e. The van der Waals surface area contributed by atoms with Gasteiger partial charge in [-0.3, -0.25) is 0 Å². The smallest absolute Gasteiger partial charge is 0.234 e. The Bertz CT molecular complexity index is 743. The molecule has 6 heteroatoms. The van der Waals surface area contributed by atoms with Gasteiger partial charge in [0.25, 0.3) is 0 Å². The van der Waals surface area contributed by atoms with Gasteiger partial charge in [0.1, 0.15) is 5.01 Å². The summed E-state index contributed by atoms with van der Waals surface area (Å²) in [4.78, 5) is 0.841. The van der Waals surface area contributed by atoms with Crippen LogP contribution in [0, 0.1) is 6.92 Å². The second-order valence-electron chi connectivity index (χ2n) is 4.84. The van der Waals surface area contributed by atoms with Gasteiger partial charge in [-0.2, -0.15) is 9.61 Å². The second kappa shape index (κ2) is 5.20. The lowest BCUT2D eigenvalue weighted by Gasteiger charge is -2.04. The van der Waals surface area contributed by atoms with Crippen molar-refractivity contribution in [2.75, 3.05) is 5.73 Å². The predicted octanol–water partition coefficient (Wildman–Crippen LogP) is 3.09. The molecule has 5 nitrogen and oxygen atoms in total. The summed E-state index contributed by atoms with van der Waals surface area (Å²) in [6.07, 6.45) is 3.15. The average Bonchev–Trinajstić information content (AvgIpc) is 3.00. The normalized spacial score (nSPS) is 11.3. The van der Waals surface area contributed by atoms with Crippen LogP contribution >= 0.6 is 11.3 Å². The molecule has 0 aliphatic rings. The summed E-state index contributed by atoms with van der Waals surface area (Å²) in [5.41, 5.74) is 8.89. The fourth-order valence-corrected chi connectivity index (χ4v) is 3.08. The highest BCUT2D eigenvalue weighted by molar-refractivity contribution is 7.19. The summed E-state index contributed by atoms with van der Waals surface area (Å²) in [5, 5.41) is 14.0. The number of fused-ring (bicyclic) bond motifs is 1. The standard InChI is InChI=1S/C14H17N5S/c1-3-4-8-12-16-17-14-19(12)18-13(20-14)10-6-5-7-11(15)9(10)2/h5-7H,3-4,8,15H2,1-2H3. The number of aromatic nitrogens is 4. The Morgan fingerprint density at radius 3 is 2.95 bits per heavy atom. The molecule has 0 fully saturated rings. The number of nitrogen functional groups attached to an aromatic ring is 1. The minimum absolute atomic E-state index is 0.791. The van der Waals surface area contributed by atoms with Gasteiger partial charge in [-0.1, -0.05) is 36.8 Å². The molecule has 0 aliphatic heterocycles. The van der Waals surface area contributed by atoms with Crippen LogP contribution in [0.4, 0.5) is 5.69 Å². The first-order valence-electron chi connectivity index (χ1n) is 6.77. The maximum atomic E-state index is 5.97. The van der Waals surface area contributed by atoms with Crippen LogP contribution in [0.2, 0.25) is 0 Å². The molecule has 1 aromatic carbocycles. The maximum absolute atomic E-state index is 5.97. The fourth-order valence-electron chi connectivity index (χ4n) is 2.14. The van der Waals surface area contributed by atoms with Crippen molar-refractivity contribution >= 4 is 22.0 Å². The zero-order chi connectivity index (χ0) is 14.1. The van der Waals surface area contributed by atoms with Crippen LogP contribution < -0.4 is 5.73 Å². The summed E-state index contributed by atoms with van der Waals surface area (Å²) >= 11 is 1.55. The van der Waals surface area contributed by atoms with E-state index in [1.165, 1.54) is 0 Å². The summed E-state index contributed by atoms with van der Waals surface area (Å²) < 4.78 is 1.86. The molecule has 3 rings (SSSR count). The molecule has 2 N–H and O–H groups in total. The van der Waals surface area contributed by atoms with Crippen LogP contribution in [0.5, 0.6) is 0 Å². The Morgan fingerprint density at radius 2 is 2.15 bits per heavy atom. The lowest BCUT2D eigenvalue weighted by molar-refractivity contribution is 0.723. The molecule has 0 atom stereocenters. The number of rotatable bonds is 4.